The van der Waals surface area contributed by atoms with Gasteiger partial charge in [0.25, 0.3) is 5.91 Å². The minimum atomic E-state index is -0.128. The lowest BCUT2D eigenvalue weighted by molar-refractivity contribution is -0.123. The van der Waals surface area contributed by atoms with Gasteiger partial charge in [-0.05, 0) is 34.5 Å². The first-order chi connectivity index (χ1) is 8.24. The highest BCUT2D eigenvalue weighted by Gasteiger charge is 2.04. The first-order valence-corrected chi connectivity index (χ1v) is 6.16. The van der Waals surface area contributed by atoms with Crippen LogP contribution in [0.5, 0.6) is 5.75 Å². The third-order valence-electron chi connectivity index (χ3n) is 2.04. The van der Waals surface area contributed by atoms with Crippen LogP contribution in [-0.4, -0.2) is 32.8 Å². The molecule has 0 aliphatic rings. The van der Waals surface area contributed by atoms with Crippen LogP contribution >= 0.6 is 15.9 Å². The molecule has 0 aliphatic heterocycles. The topological polar surface area (TPSA) is 47.6 Å². The average molecular weight is 302 g/mol. The highest BCUT2D eigenvalue weighted by Crippen LogP contribution is 2.23. The summed E-state index contributed by atoms with van der Waals surface area (Å²) in [5, 5.41) is 2.75. The van der Waals surface area contributed by atoms with Crippen LogP contribution in [0.2, 0.25) is 0 Å². The molecule has 5 heteroatoms. The van der Waals surface area contributed by atoms with Crippen LogP contribution in [0.1, 0.15) is 6.42 Å². The Morgan fingerprint density at radius 3 is 2.88 bits per heavy atom. The summed E-state index contributed by atoms with van der Waals surface area (Å²) in [5.74, 6) is 0.538. The van der Waals surface area contributed by atoms with E-state index < -0.39 is 0 Å². The van der Waals surface area contributed by atoms with Gasteiger partial charge in [-0.2, -0.15) is 0 Å². The fourth-order valence-corrected chi connectivity index (χ4v) is 1.60. The standard InChI is InChI=1S/C12H16BrNO3/c1-16-8-4-7-14-12(15)9-17-11-6-3-2-5-10(11)13/h2-3,5-6H,4,7-9H2,1H3,(H,14,15). The highest BCUT2D eigenvalue weighted by atomic mass is 79.9. The van der Waals surface area contributed by atoms with Crippen molar-refractivity contribution >= 4 is 21.8 Å². The number of hydrogen-bond donors (Lipinski definition) is 1. The van der Waals surface area contributed by atoms with Crippen LogP contribution < -0.4 is 10.1 Å². The number of ether oxygens (including phenoxy) is 2. The number of carbonyl (C=O) groups excluding carboxylic acids is 1. The maximum Gasteiger partial charge on any atom is 0.257 e. The van der Waals surface area contributed by atoms with Gasteiger partial charge in [0.1, 0.15) is 5.75 Å². The minimum absolute atomic E-state index is 0.0234. The van der Waals surface area contributed by atoms with Crippen molar-refractivity contribution < 1.29 is 14.3 Å². The lowest BCUT2D eigenvalue weighted by Crippen LogP contribution is -2.30. The number of amides is 1. The quantitative estimate of drug-likeness (QED) is 0.784. The molecular weight excluding hydrogens is 286 g/mol. The maximum absolute atomic E-state index is 11.4. The zero-order chi connectivity index (χ0) is 12.5. The smallest absolute Gasteiger partial charge is 0.257 e. The Kier molecular flexibility index (Phi) is 6.65. The van der Waals surface area contributed by atoms with Crippen molar-refractivity contribution in [1.29, 1.82) is 0 Å². The van der Waals surface area contributed by atoms with E-state index in [2.05, 4.69) is 21.2 Å². The van der Waals surface area contributed by atoms with Gasteiger partial charge >= 0.3 is 0 Å². The van der Waals surface area contributed by atoms with Crippen molar-refractivity contribution in [3.63, 3.8) is 0 Å². The Hall–Kier alpha value is -1.07. The van der Waals surface area contributed by atoms with E-state index in [4.69, 9.17) is 9.47 Å². The first kappa shape index (κ1) is 14.0. The lowest BCUT2D eigenvalue weighted by atomic mass is 10.3. The van der Waals surface area contributed by atoms with E-state index in [1.165, 1.54) is 0 Å². The van der Waals surface area contributed by atoms with Crippen LogP contribution in [0.25, 0.3) is 0 Å². The molecule has 0 saturated carbocycles. The average Bonchev–Trinajstić information content (AvgIpc) is 2.34. The van der Waals surface area contributed by atoms with Crippen LogP contribution in [0.4, 0.5) is 0 Å². The second-order valence-electron chi connectivity index (χ2n) is 3.42. The van der Waals surface area contributed by atoms with Crippen molar-refractivity contribution in [3.8, 4) is 5.75 Å². The predicted octanol–water partition coefficient (Wildman–Crippen LogP) is 1.98. The Morgan fingerprint density at radius 1 is 1.41 bits per heavy atom. The summed E-state index contributed by atoms with van der Waals surface area (Å²) in [6, 6.07) is 7.42. The number of benzene rings is 1. The minimum Gasteiger partial charge on any atom is -0.483 e. The molecule has 0 saturated heterocycles. The summed E-state index contributed by atoms with van der Waals surface area (Å²) in [6.45, 7) is 1.27. The number of para-hydroxylation sites is 1. The molecule has 1 N–H and O–H groups in total. The van der Waals surface area contributed by atoms with Gasteiger partial charge in [-0.3, -0.25) is 4.79 Å². The molecule has 1 aromatic carbocycles. The number of hydrogen-bond acceptors (Lipinski definition) is 3. The zero-order valence-corrected chi connectivity index (χ0v) is 11.3. The van der Waals surface area contributed by atoms with Crippen molar-refractivity contribution in [2.24, 2.45) is 0 Å². The van der Waals surface area contributed by atoms with E-state index in [0.717, 1.165) is 10.9 Å². The number of halogens is 1. The molecule has 1 aromatic rings. The van der Waals surface area contributed by atoms with Crippen LogP contribution in [0, 0.1) is 0 Å². The van der Waals surface area contributed by atoms with Crippen LogP contribution in [0.3, 0.4) is 0 Å². The van der Waals surface area contributed by atoms with Gasteiger partial charge in [-0.1, -0.05) is 12.1 Å². The van der Waals surface area contributed by atoms with Gasteiger partial charge < -0.3 is 14.8 Å². The van der Waals surface area contributed by atoms with E-state index in [1.54, 1.807) is 7.11 Å². The third-order valence-corrected chi connectivity index (χ3v) is 2.70. The second-order valence-corrected chi connectivity index (χ2v) is 4.27. The number of methoxy groups -OCH3 is 1. The molecular formula is C12H16BrNO3. The number of nitrogens with one attached hydrogen (secondary N) is 1. The Labute approximate surface area is 109 Å². The van der Waals surface area contributed by atoms with E-state index >= 15 is 0 Å². The van der Waals surface area contributed by atoms with E-state index in [1.807, 2.05) is 24.3 Å². The van der Waals surface area contributed by atoms with Crippen molar-refractivity contribution in [2.75, 3.05) is 26.9 Å². The maximum atomic E-state index is 11.4. The molecule has 0 aromatic heterocycles. The highest BCUT2D eigenvalue weighted by molar-refractivity contribution is 9.10. The molecule has 0 fully saturated rings. The van der Waals surface area contributed by atoms with Gasteiger partial charge in [0.05, 0.1) is 4.47 Å². The molecule has 1 amide bonds. The van der Waals surface area contributed by atoms with Crippen molar-refractivity contribution in [2.45, 2.75) is 6.42 Å². The molecule has 0 bridgehead atoms. The summed E-state index contributed by atoms with van der Waals surface area (Å²) in [6.07, 6.45) is 0.803. The fourth-order valence-electron chi connectivity index (χ4n) is 1.20. The first-order valence-electron chi connectivity index (χ1n) is 5.37. The van der Waals surface area contributed by atoms with Gasteiger partial charge in [0.2, 0.25) is 0 Å². The normalized spacial score (nSPS) is 10.0. The molecule has 0 unspecified atom stereocenters. The molecule has 0 heterocycles. The molecule has 0 aliphatic carbocycles. The van der Waals surface area contributed by atoms with Crippen LogP contribution in [0.15, 0.2) is 28.7 Å². The monoisotopic (exact) mass is 301 g/mol. The molecule has 4 nitrogen and oxygen atoms in total. The van der Waals surface area contributed by atoms with E-state index in [0.29, 0.717) is 18.9 Å². The van der Waals surface area contributed by atoms with Gasteiger partial charge in [-0.15, -0.1) is 0 Å². The SMILES string of the molecule is COCCCNC(=O)COc1ccccc1Br. The van der Waals surface area contributed by atoms with Crippen molar-refractivity contribution in [3.05, 3.63) is 28.7 Å². The molecule has 94 valence electrons. The lowest BCUT2D eigenvalue weighted by Gasteiger charge is -2.08. The Morgan fingerprint density at radius 2 is 2.18 bits per heavy atom. The van der Waals surface area contributed by atoms with Crippen molar-refractivity contribution in [1.82, 2.24) is 5.32 Å². The fraction of sp³-hybridized carbons (Fsp3) is 0.417. The predicted molar refractivity (Wildman–Crippen MR) is 69.1 cm³/mol. The number of rotatable bonds is 7. The van der Waals surface area contributed by atoms with Gasteiger partial charge in [0, 0.05) is 20.3 Å². The summed E-state index contributed by atoms with van der Waals surface area (Å²) >= 11 is 3.35. The summed E-state index contributed by atoms with van der Waals surface area (Å²) in [5.41, 5.74) is 0. The molecule has 0 atom stereocenters. The van der Waals surface area contributed by atoms with E-state index in [9.17, 15) is 4.79 Å². The Balaban J connectivity index is 2.22. The largest absolute Gasteiger partial charge is 0.483 e. The summed E-state index contributed by atoms with van der Waals surface area (Å²) in [4.78, 5) is 11.4. The second kappa shape index (κ2) is 8.08. The zero-order valence-electron chi connectivity index (χ0n) is 9.74. The molecule has 0 spiro atoms. The number of carbonyl (C=O) groups is 1. The summed E-state index contributed by atoms with van der Waals surface area (Å²) in [7, 11) is 1.64. The molecule has 17 heavy (non-hydrogen) atoms. The molecule has 0 radical (unpaired) electrons. The van der Waals surface area contributed by atoms with Gasteiger partial charge in [0.15, 0.2) is 6.61 Å². The third kappa shape index (κ3) is 5.70. The Bertz CT molecular complexity index is 357. The van der Waals surface area contributed by atoms with Crippen LogP contribution in [-0.2, 0) is 9.53 Å². The van der Waals surface area contributed by atoms with Gasteiger partial charge in [-0.25, -0.2) is 0 Å². The summed E-state index contributed by atoms with van der Waals surface area (Å²) < 4.78 is 11.1. The van der Waals surface area contributed by atoms with E-state index in [-0.39, 0.29) is 12.5 Å². The molecule has 1 rings (SSSR count).